The van der Waals surface area contributed by atoms with Crippen LogP contribution in [-0.2, 0) is 20.5 Å². The Morgan fingerprint density at radius 1 is 1.31 bits per heavy atom. The van der Waals surface area contributed by atoms with Gasteiger partial charge in [0.2, 0.25) is 5.91 Å². The van der Waals surface area contributed by atoms with E-state index in [0.29, 0.717) is 23.3 Å². The second-order valence-corrected chi connectivity index (χ2v) is 10.9. The number of carbonyl (C=O) groups excluding carboxylic acids is 1. The Labute approximate surface area is 179 Å². The molecule has 5 rings (SSSR count). The summed E-state index contributed by atoms with van der Waals surface area (Å²) in [6.07, 6.45) is 2.87. The molecule has 3 aliphatic carbocycles. The van der Waals surface area contributed by atoms with Crippen molar-refractivity contribution in [1.82, 2.24) is 5.32 Å². The van der Waals surface area contributed by atoms with E-state index in [1.165, 1.54) is 6.42 Å². The maximum Gasteiger partial charge on any atom is 0.482 e. The molecule has 29 heavy (non-hydrogen) atoms. The molecular weight excluding hydrogens is 387 g/mol. The standard InChI is InChI=1S/C22H32BClN2O3/c1-20(2)14-11-16(20)22(5)17(12-14)28-23(29-22)18(26-19(27)21(3,4)25)10-13-6-8-15(24)9-7-13/h6-9,14,16-18H,10-12,25H2,1-5H3,(H,26,27)/t14-,16-,17+,18-,22-/m0/s1. The topological polar surface area (TPSA) is 73.6 Å². The lowest BCUT2D eigenvalue weighted by molar-refractivity contribution is -0.199. The Balaban J connectivity index is 1.56. The van der Waals surface area contributed by atoms with Gasteiger partial charge >= 0.3 is 7.12 Å². The Kier molecular flexibility index (Phi) is 5.09. The molecule has 0 unspecified atom stereocenters. The summed E-state index contributed by atoms with van der Waals surface area (Å²) in [6, 6.07) is 7.66. The highest BCUT2D eigenvalue weighted by atomic mass is 35.5. The van der Waals surface area contributed by atoms with Crippen LogP contribution in [0.1, 0.15) is 53.0 Å². The fraction of sp³-hybridized carbons (Fsp3) is 0.682. The van der Waals surface area contributed by atoms with Crippen LogP contribution < -0.4 is 11.1 Å². The van der Waals surface area contributed by atoms with Crippen molar-refractivity contribution in [2.75, 3.05) is 0 Å². The summed E-state index contributed by atoms with van der Waals surface area (Å²) in [7, 11) is -0.498. The predicted octanol–water partition coefficient (Wildman–Crippen LogP) is 3.37. The SMILES string of the molecule is CC(C)(N)C(=O)N[C@@H](Cc1ccc(Cl)cc1)B1O[C@@H]2C[C@@H]3C[C@@H](C3(C)C)[C@]2(C)O1. The van der Waals surface area contributed by atoms with E-state index in [-0.39, 0.29) is 29.0 Å². The van der Waals surface area contributed by atoms with E-state index in [4.69, 9.17) is 26.6 Å². The van der Waals surface area contributed by atoms with Gasteiger partial charge in [-0.3, -0.25) is 4.79 Å². The number of amides is 1. The summed E-state index contributed by atoms with van der Waals surface area (Å²) < 4.78 is 13.0. The van der Waals surface area contributed by atoms with Crippen molar-refractivity contribution in [2.24, 2.45) is 23.0 Å². The number of nitrogens with one attached hydrogen (secondary N) is 1. The first-order valence-electron chi connectivity index (χ1n) is 10.6. The predicted molar refractivity (Wildman–Crippen MR) is 115 cm³/mol. The van der Waals surface area contributed by atoms with Crippen molar-refractivity contribution in [2.45, 2.75) is 77.1 Å². The molecule has 1 heterocycles. The summed E-state index contributed by atoms with van der Waals surface area (Å²) >= 11 is 6.03. The van der Waals surface area contributed by atoms with Gasteiger partial charge in [0.25, 0.3) is 0 Å². The van der Waals surface area contributed by atoms with Crippen LogP contribution in [0.4, 0.5) is 0 Å². The molecule has 7 heteroatoms. The highest BCUT2D eigenvalue weighted by Gasteiger charge is 2.68. The number of hydrogen-bond donors (Lipinski definition) is 2. The molecule has 3 N–H and O–H groups in total. The smallest absolute Gasteiger partial charge is 0.404 e. The van der Waals surface area contributed by atoms with Crippen molar-refractivity contribution in [3.8, 4) is 0 Å². The number of hydrogen-bond acceptors (Lipinski definition) is 4. The quantitative estimate of drug-likeness (QED) is 0.719. The van der Waals surface area contributed by atoms with E-state index in [1.807, 2.05) is 24.3 Å². The second kappa shape index (κ2) is 6.98. The largest absolute Gasteiger partial charge is 0.482 e. The zero-order chi connectivity index (χ0) is 21.2. The summed E-state index contributed by atoms with van der Waals surface area (Å²) in [5.41, 5.74) is 6.08. The third-order valence-electron chi connectivity index (χ3n) is 7.57. The van der Waals surface area contributed by atoms with Crippen molar-refractivity contribution in [3.05, 3.63) is 34.9 Å². The van der Waals surface area contributed by atoms with E-state index in [1.54, 1.807) is 13.8 Å². The number of halogens is 1. The van der Waals surface area contributed by atoms with E-state index >= 15 is 0 Å². The summed E-state index contributed by atoms with van der Waals surface area (Å²) in [5.74, 6) is 0.615. The zero-order valence-corrected chi connectivity index (χ0v) is 18.8. The fourth-order valence-electron chi connectivity index (χ4n) is 5.52. The van der Waals surface area contributed by atoms with Crippen LogP contribution in [0.5, 0.6) is 0 Å². The Bertz CT molecular complexity index is 794. The van der Waals surface area contributed by atoms with Crippen LogP contribution in [0.2, 0.25) is 5.02 Å². The average Bonchev–Trinajstić information content (AvgIpc) is 2.98. The minimum atomic E-state index is -0.975. The van der Waals surface area contributed by atoms with Crippen LogP contribution >= 0.6 is 11.6 Å². The number of rotatable bonds is 5. The summed E-state index contributed by atoms with van der Waals surface area (Å²) in [6.45, 7) is 10.3. The lowest BCUT2D eigenvalue weighted by Gasteiger charge is -2.64. The molecule has 0 spiro atoms. The summed E-state index contributed by atoms with van der Waals surface area (Å²) in [5, 5.41) is 3.78. The van der Waals surface area contributed by atoms with Crippen LogP contribution in [0.25, 0.3) is 0 Å². The Morgan fingerprint density at radius 3 is 2.55 bits per heavy atom. The Hall–Kier alpha value is -1.08. The minimum Gasteiger partial charge on any atom is -0.404 e. The summed E-state index contributed by atoms with van der Waals surface area (Å²) in [4.78, 5) is 12.7. The minimum absolute atomic E-state index is 0.0692. The third-order valence-corrected chi connectivity index (χ3v) is 7.82. The molecule has 1 aromatic carbocycles. The van der Waals surface area contributed by atoms with Gasteiger partial charge in [-0.05, 0) is 75.0 Å². The molecular formula is C22H32BClN2O3. The zero-order valence-electron chi connectivity index (χ0n) is 18.0. The normalized spacial score (nSPS) is 33.6. The monoisotopic (exact) mass is 418 g/mol. The first kappa shape index (κ1) is 21.2. The molecule has 1 aromatic rings. The highest BCUT2D eigenvalue weighted by Crippen LogP contribution is 2.65. The maximum absolute atomic E-state index is 12.7. The van der Waals surface area contributed by atoms with Gasteiger partial charge in [-0.2, -0.15) is 0 Å². The fourth-order valence-corrected chi connectivity index (χ4v) is 5.64. The van der Waals surface area contributed by atoms with Crippen molar-refractivity contribution in [1.29, 1.82) is 0 Å². The molecule has 1 saturated heterocycles. The van der Waals surface area contributed by atoms with Gasteiger partial charge in [0, 0.05) is 5.02 Å². The molecule has 1 amide bonds. The average molecular weight is 419 g/mol. The first-order chi connectivity index (χ1) is 13.4. The van der Waals surface area contributed by atoms with Crippen molar-refractivity contribution in [3.63, 3.8) is 0 Å². The lowest BCUT2D eigenvalue weighted by Crippen LogP contribution is -2.65. The molecule has 3 saturated carbocycles. The number of carbonyl (C=O) groups is 1. The molecule has 0 aromatic heterocycles. The van der Waals surface area contributed by atoms with Gasteiger partial charge < -0.3 is 20.4 Å². The molecule has 4 fully saturated rings. The first-order valence-corrected chi connectivity index (χ1v) is 11.0. The number of nitrogens with two attached hydrogens (primary N) is 1. The lowest BCUT2D eigenvalue weighted by atomic mass is 9.43. The molecule has 158 valence electrons. The van der Waals surface area contributed by atoms with Gasteiger partial charge in [-0.15, -0.1) is 0 Å². The highest BCUT2D eigenvalue weighted by molar-refractivity contribution is 6.48. The maximum atomic E-state index is 12.7. The van der Waals surface area contributed by atoms with E-state index in [9.17, 15) is 4.79 Å². The van der Waals surface area contributed by atoms with Crippen LogP contribution in [0.3, 0.4) is 0 Å². The molecule has 1 aliphatic heterocycles. The molecule has 4 aliphatic rings. The van der Waals surface area contributed by atoms with Gasteiger partial charge in [-0.25, -0.2) is 0 Å². The van der Waals surface area contributed by atoms with Gasteiger partial charge in [0.15, 0.2) is 0 Å². The van der Waals surface area contributed by atoms with Gasteiger partial charge in [-0.1, -0.05) is 37.6 Å². The van der Waals surface area contributed by atoms with E-state index in [0.717, 1.165) is 12.0 Å². The Morgan fingerprint density at radius 2 is 1.97 bits per heavy atom. The van der Waals surface area contributed by atoms with Gasteiger partial charge in [0.1, 0.15) is 0 Å². The second-order valence-electron chi connectivity index (χ2n) is 10.5. The van der Waals surface area contributed by atoms with E-state index in [2.05, 4.69) is 26.1 Å². The third kappa shape index (κ3) is 3.63. The molecule has 0 radical (unpaired) electrons. The van der Waals surface area contributed by atoms with Crippen molar-refractivity contribution >= 4 is 24.6 Å². The van der Waals surface area contributed by atoms with Crippen LogP contribution in [0, 0.1) is 17.3 Å². The molecule has 5 nitrogen and oxygen atoms in total. The molecule has 2 bridgehead atoms. The number of benzene rings is 1. The van der Waals surface area contributed by atoms with Crippen molar-refractivity contribution < 1.29 is 14.1 Å². The van der Waals surface area contributed by atoms with Crippen LogP contribution in [0.15, 0.2) is 24.3 Å². The molecule has 5 atom stereocenters. The van der Waals surface area contributed by atoms with E-state index < -0.39 is 12.7 Å². The van der Waals surface area contributed by atoms with Gasteiger partial charge in [0.05, 0.1) is 23.2 Å². The van der Waals surface area contributed by atoms with Crippen LogP contribution in [-0.4, -0.2) is 36.2 Å².